The number of carbonyl (C=O) groups excluding carboxylic acids is 2. The van der Waals surface area contributed by atoms with Crippen LogP contribution in [0.15, 0.2) is 24.3 Å². The standard InChI is InChI=1S/C18H25FN2O2/c1-3-16(4-2)20-18(23)14-11-17(22)21(12-14)10-9-13-5-7-15(19)8-6-13/h5-8,14,16H,3-4,9-12H2,1-2H3,(H,20,23)/t14-/m0/s1. The van der Waals surface area contributed by atoms with Crippen LogP contribution in [0.1, 0.15) is 38.7 Å². The Morgan fingerprint density at radius 3 is 2.57 bits per heavy atom. The van der Waals surface area contributed by atoms with Gasteiger partial charge in [-0.05, 0) is 37.0 Å². The van der Waals surface area contributed by atoms with Crippen molar-refractivity contribution >= 4 is 11.8 Å². The molecule has 1 heterocycles. The lowest BCUT2D eigenvalue weighted by molar-refractivity contribution is -0.129. The highest BCUT2D eigenvalue weighted by atomic mass is 19.1. The van der Waals surface area contributed by atoms with Crippen molar-refractivity contribution in [2.45, 2.75) is 45.6 Å². The Morgan fingerprint density at radius 1 is 1.30 bits per heavy atom. The quantitative estimate of drug-likeness (QED) is 0.839. The molecule has 0 aromatic heterocycles. The summed E-state index contributed by atoms with van der Waals surface area (Å²) >= 11 is 0. The molecule has 0 saturated carbocycles. The third kappa shape index (κ3) is 4.78. The summed E-state index contributed by atoms with van der Waals surface area (Å²) in [6.07, 6.45) is 2.76. The molecule has 1 fully saturated rings. The zero-order valence-corrected chi connectivity index (χ0v) is 13.8. The first-order valence-electron chi connectivity index (χ1n) is 8.36. The SMILES string of the molecule is CCC(CC)NC(=O)[C@H]1CC(=O)N(CCc2ccc(F)cc2)C1. The lowest BCUT2D eigenvalue weighted by Gasteiger charge is -2.19. The monoisotopic (exact) mass is 320 g/mol. The molecule has 23 heavy (non-hydrogen) atoms. The van der Waals surface area contributed by atoms with Gasteiger partial charge in [-0.2, -0.15) is 0 Å². The first-order valence-corrected chi connectivity index (χ1v) is 8.36. The van der Waals surface area contributed by atoms with E-state index in [1.54, 1.807) is 17.0 Å². The summed E-state index contributed by atoms with van der Waals surface area (Å²) in [6, 6.07) is 6.49. The topological polar surface area (TPSA) is 49.4 Å². The molecule has 0 aliphatic carbocycles. The van der Waals surface area contributed by atoms with E-state index in [0.29, 0.717) is 19.5 Å². The number of likely N-dealkylation sites (tertiary alicyclic amines) is 1. The van der Waals surface area contributed by atoms with E-state index in [1.165, 1.54) is 12.1 Å². The van der Waals surface area contributed by atoms with E-state index in [9.17, 15) is 14.0 Å². The molecule has 0 radical (unpaired) electrons. The van der Waals surface area contributed by atoms with Crippen LogP contribution >= 0.6 is 0 Å². The average molecular weight is 320 g/mol. The maximum atomic E-state index is 12.9. The molecule has 5 heteroatoms. The molecule has 1 aromatic rings. The van der Waals surface area contributed by atoms with Crippen molar-refractivity contribution in [3.63, 3.8) is 0 Å². The molecule has 1 saturated heterocycles. The van der Waals surface area contributed by atoms with E-state index >= 15 is 0 Å². The molecule has 1 N–H and O–H groups in total. The first kappa shape index (κ1) is 17.4. The van der Waals surface area contributed by atoms with E-state index in [1.807, 2.05) is 13.8 Å². The molecule has 1 atom stereocenters. The van der Waals surface area contributed by atoms with Crippen molar-refractivity contribution in [1.29, 1.82) is 0 Å². The van der Waals surface area contributed by atoms with Crippen molar-refractivity contribution in [1.82, 2.24) is 10.2 Å². The van der Waals surface area contributed by atoms with E-state index in [2.05, 4.69) is 5.32 Å². The van der Waals surface area contributed by atoms with Crippen LogP contribution in [0.3, 0.4) is 0 Å². The number of rotatable bonds is 7. The highest BCUT2D eigenvalue weighted by Crippen LogP contribution is 2.19. The minimum Gasteiger partial charge on any atom is -0.353 e. The molecule has 126 valence electrons. The van der Waals surface area contributed by atoms with Crippen molar-refractivity contribution in [3.8, 4) is 0 Å². The van der Waals surface area contributed by atoms with Gasteiger partial charge >= 0.3 is 0 Å². The fraction of sp³-hybridized carbons (Fsp3) is 0.556. The van der Waals surface area contributed by atoms with Crippen LogP contribution in [0.5, 0.6) is 0 Å². The number of amides is 2. The summed E-state index contributed by atoms with van der Waals surface area (Å²) in [4.78, 5) is 26.1. The van der Waals surface area contributed by atoms with Gasteiger partial charge in [0.25, 0.3) is 0 Å². The van der Waals surface area contributed by atoms with Gasteiger partial charge in [0.15, 0.2) is 0 Å². The minimum atomic E-state index is -0.260. The van der Waals surface area contributed by atoms with E-state index in [0.717, 1.165) is 18.4 Å². The Hall–Kier alpha value is -1.91. The van der Waals surface area contributed by atoms with Crippen LogP contribution in [-0.2, 0) is 16.0 Å². The Labute approximate surface area is 137 Å². The number of nitrogens with zero attached hydrogens (tertiary/aromatic N) is 1. The van der Waals surface area contributed by atoms with Gasteiger partial charge in [0.1, 0.15) is 5.82 Å². The summed E-state index contributed by atoms with van der Waals surface area (Å²) < 4.78 is 12.9. The third-order valence-electron chi connectivity index (χ3n) is 4.50. The summed E-state index contributed by atoms with van der Waals surface area (Å²) in [5, 5.41) is 3.02. The van der Waals surface area contributed by atoms with Gasteiger partial charge < -0.3 is 10.2 Å². The molecular weight excluding hydrogens is 295 g/mol. The third-order valence-corrected chi connectivity index (χ3v) is 4.50. The van der Waals surface area contributed by atoms with Crippen LogP contribution in [0.2, 0.25) is 0 Å². The summed E-state index contributed by atoms with van der Waals surface area (Å²) in [5.41, 5.74) is 0.990. The van der Waals surface area contributed by atoms with Crippen LogP contribution in [-0.4, -0.2) is 35.8 Å². The number of nitrogens with one attached hydrogen (secondary N) is 1. The maximum absolute atomic E-state index is 12.9. The Kier molecular flexibility index (Phi) is 6.13. The molecule has 4 nitrogen and oxygen atoms in total. The zero-order chi connectivity index (χ0) is 16.8. The fourth-order valence-electron chi connectivity index (χ4n) is 2.89. The molecular formula is C18H25FN2O2. The van der Waals surface area contributed by atoms with Crippen LogP contribution in [0.25, 0.3) is 0 Å². The molecule has 0 spiro atoms. The van der Waals surface area contributed by atoms with Crippen molar-refractivity contribution in [3.05, 3.63) is 35.6 Å². The van der Waals surface area contributed by atoms with Gasteiger partial charge in [-0.25, -0.2) is 4.39 Å². The normalized spacial score (nSPS) is 17.8. The second kappa shape index (κ2) is 8.09. The molecule has 2 amide bonds. The Bertz CT molecular complexity index is 540. The molecule has 1 aliphatic rings. The van der Waals surface area contributed by atoms with Crippen molar-refractivity contribution in [2.24, 2.45) is 5.92 Å². The average Bonchev–Trinajstić information content (AvgIpc) is 2.93. The molecule has 1 aromatic carbocycles. The number of hydrogen-bond donors (Lipinski definition) is 1. The lowest BCUT2D eigenvalue weighted by atomic mass is 10.1. The number of carbonyl (C=O) groups is 2. The fourth-order valence-corrected chi connectivity index (χ4v) is 2.89. The summed E-state index contributed by atoms with van der Waals surface area (Å²) in [7, 11) is 0. The zero-order valence-electron chi connectivity index (χ0n) is 13.8. The van der Waals surface area contributed by atoms with Gasteiger partial charge in [-0.1, -0.05) is 26.0 Å². The van der Waals surface area contributed by atoms with Gasteiger partial charge in [0, 0.05) is 25.6 Å². The van der Waals surface area contributed by atoms with Crippen LogP contribution < -0.4 is 5.32 Å². The van der Waals surface area contributed by atoms with Gasteiger partial charge in [-0.15, -0.1) is 0 Å². The van der Waals surface area contributed by atoms with Crippen molar-refractivity contribution < 1.29 is 14.0 Å². The molecule has 0 unspecified atom stereocenters. The number of hydrogen-bond acceptors (Lipinski definition) is 2. The molecule has 2 rings (SSSR count). The highest BCUT2D eigenvalue weighted by molar-refractivity contribution is 5.89. The first-order chi connectivity index (χ1) is 11.0. The number of halogens is 1. The minimum absolute atomic E-state index is 0.0173. The second-order valence-electron chi connectivity index (χ2n) is 6.14. The van der Waals surface area contributed by atoms with Gasteiger partial charge in [-0.3, -0.25) is 9.59 Å². The van der Waals surface area contributed by atoms with Gasteiger partial charge in [0.05, 0.1) is 5.92 Å². The van der Waals surface area contributed by atoms with E-state index in [-0.39, 0.29) is 36.0 Å². The second-order valence-corrected chi connectivity index (χ2v) is 6.14. The summed E-state index contributed by atoms with van der Waals surface area (Å²) in [5.74, 6) is -0.506. The van der Waals surface area contributed by atoms with E-state index in [4.69, 9.17) is 0 Å². The molecule has 1 aliphatic heterocycles. The van der Waals surface area contributed by atoms with E-state index < -0.39 is 0 Å². The van der Waals surface area contributed by atoms with Gasteiger partial charge in [0.2, 0.25) is 11.8 Å². The smallest absolute Gasteiger partial charge is 0.225 e. The Balaban J connectivity index is 1.84. The molecule has 0 bridgehead atoms. The van der Waals surface area contributed by atoms with Crippen LogP contribution in [0.4, 0.5) is 4.39 Å². The van der Waals surface area contributed by atoms with Crippen molar-refractivity contribution in [2.75, 3.05) is 13.1 Å². The lowest BCUT2D eigenvalue weighted by Crippen LogP contribution is -2.39. The summed E-state index contributed by atoms with van der Waals surface area (Å²) in [6.45, 7) is 5.14. The predicted octanol–water partition coefficient (Wildman–Crippen LogP) is 2.52. The largest absolute Gasteiger partial charge is 0.353 e. The highest BCUT2D eigenvalue weighted by Gasteiger charge is 2.34. The predicted molar refractivity (Wildman–Crippen MR) is 87.3 cm³/mol. The number of benzene rings is 1. The Morgan fingerprint density at radius 2 is 1.96 bits per heavy atom. The van der Waals surface area contributed by atoms with Crippen LogP contribution in [0, 0.1) is 11.7 Å². The maximum Gasteiger partial charge on any atom is 0.225 e.